The van der Waals surface area contributed by atoms with E-state index in [1.165, 1.54) is 18.0 Å². The van der Waals surface area contributed by atoms with E-state index in [9.17, 15) is 14.4 Å². The zero-order valence-corrected chi connectivity index (χ0v) is 13.9. The molecule has 0 aliphatic carbocycles. The topological polar surface area (TPSA) is 94.6 Å². The third-order valence-electron chi connectivity index (χ3n) is 4.48. The fourth-order valence-corrected chi connectivity index (χ4v) is 3.09. The van der Waals surface area contributed by atoms with E-state index in [2.05, 4.69) is 4.98 Å². The number of aryl methyl sites for hydroxylation is 2. The first kappa shape index (κ1) is 16.2. The van der Waals surface area contributed by atoms with Gasteiger partial charge in [0, 0.05) is 20.1 Å². The average Bonchev–Trinajstić information content (AvgIpc) is 2.94. The number of nitrogens with zero attached hydrogens (tertiary/aromatic N) is 3. The number of carbonyl (C=O) groups is 2. The maximum atomic E-state index is 12.9. The normalized spacial score (nSPS) is 15.7. The molecular formula is C16H19N3O5. The van der Waals surface area contributed by atoms with Gasteiger partial charge in [0.25, 0.3) is 11.5 Å². The maximum absolute atomic E-state index is 12.9. The summed E-state index contributed by atoms with van der Waals surface area (Å²) in [7, 11) is 2.94. The van der Waals surface area contributed by atoms with Gasteiger partial charge in [-0.25, -0.2) is 4.98 Å². The van der Waals surface area contributed by atoms with Crippen LogP contribution in [0.2, 0.25) is 0 Å². The Morgan fingerprint density at radius 2 is 2.00 bits per heavy atom. The molecule has 0 aromatic carbocycles. The molecule has 0 saturated carbocycles. The Morgan fingerprint density at radius 1 is 1.33 bits per heavy atom. The van der Waals surface area contributed by atoms with Crippen LogP contribution in [0.25, 0.3) is 11.1 Å². The molecule has 0 spiro atoms. The van der Waals surface area contributed by atoms with Crippen molar-refractivity contribution in [2.45, 2.75) is 19.8 Å². The van der Waals surface area contributed by atoms with Crippen molar-refractivity contribution in [3.05, 3.63) is 28.0 Å². The predicted octanol–water partition coefficient (Wildman–Crippen LogP) is 0.860. The zero-order valence-electron chi connectivity index (χ0n) is 13.9. The van der Waals surface area contributed by atoms with Crippen molar-refractivity contribution in [3.63, 3.8) is 0 Å². The monoisotopic (exact) mass is 333 g/mol. The molecule has 1 aliphatic rings. The summed E-state index contributed by atoms with van der Waals surface area (Å²) in [4.78, 5) is 42.5. The lowest BCUT2D eigenvalue weighted by atomic mass is 9.96. The van der Waals surface area contributed by atoms with Crippen LogP contribution in [0.15, 0.2) is 15.5 Å². The van der Waals surface area contributed by atoms with Crippen LogP contribution < -0.4 is 5.56 Å². The van der Waals surface area contributed by atoms with E-state index in [4.69, 9.17) is 9.15 Å². The highest BCUT2D eigenvalue weighted by Crippen LogP contribution is 2.25. The molecule has 2 aromatic heterocycles. The number of aromatic nitrogens is 2. The van der Waals surface area contributed by atoms with Gasteiger partial charge in [0.15, 0.2) is 0 Å². The number of likely N-dealkylation sites (tertiary alicyclic amines) is 1. The minimum Gasteiger partial charge on any atom is -0.469 e. The maximum Gasteiger partial charge on any atom is 0.308 e. The summed E-state index contributed by atoms with van der Waals surface area (Å²) >= 11 is 0. The van der Waals surface area contributed by atoms with Gasteiger partial charge in [0.2, 0.25) is 5.71 Å². The molecule has 128 valence electrons. The molecule has 3 heterocycles. The second-order valence-corrected chi connectivity index (χ2v) is 5.96. The molecule has 1 fully saturated rings. The lowest BCUT2D eigenvalue weighted by molar-refractivity contribution is -0.146. The highest BCUT2D eigenvalue weighted by molar-refractivity contribution is 6.06. The van der Waals surface area contributed by atoms with Crippen LogP contribution in [0.1, 0.15) is 29.0 Å². The van der Waals surface area contributed by atoms with Gasteiger partial charge in [-0.1, -0.05) is 0 Å². The number of piperidine rings is 1. The van der Waals surface area contributed by atoms with Crippen LogP contribution >= 0.6 is 0 Å². The van der Waals surface area contributed by atoms with Crippen LogP contribution in [0.5, 0.6) is 0 Å². The predicted molar refractivity (Wildman–Crippen MR) is 84.6 cm³/mol. The second kappa shape index (κ2) is 6.10. The van der Waals surface area contributed by atoms with E-state index >= 15 is 0 Å². The number of furan rings is 1. The summed E-state index contributed by atoms with van der Waals surface area (Å²) < 4.78 is 11.5. The molecule has 0 N–H and O–H groups in total. The summed E-state index contributed by atoms with van der Waals surface area (Å²) in [5, 5.41) is 0.206. The smallest absolute Gasteiger partial charge is 0.308 e. The molecular weight excluding hydrogens is 314 g/mol. The summed E-state index contributed by atoms with van der Waals surface area (Å²) in [6, 6.07) is 0. The number of amides is 1. The van der Waals surface area contributed by atoms with Gasteiger partial charge in [-0.15, -0.1) is 0 Å². The van der Waals surface area contributed by atoms with Gasteiger partial charge in [-0.2, -0.15) is 0 Å². The molecule has 1 saturated heterocycles. The first-order chi connectivity index (χ1) is 11.4. The molecule has 3 rings (SSSR count). The number of carbonyl (C=O) groups excluding carboxylic acids is 2. The SMILES string of the molecule is COC(=O)C1CCN(C(=O)c2c(C)oc3ncn(C)c(=O)c23)CC1. The fourth-order valence-electron chi connectivity index (χ4n) is 3.09. The third-order valence-corrected chi connectivity index (χ3v) is 4.48. The van der Waals surface area contributed by atoms with Gasteiger partial charge in [-0.3, -0.25) is 14.4 Å². The van der Waals surface area contributed by atoms with Crippen LogP contribution in [-0.2, 0) is 16.6 Å². The van der Waals surface area contributed by atoms with E-state index in [0.717, 1.165) is 0 Å². The van der Waals surface area contributed by atoms with Crippen LogP contribution in [0, 0.1) is 12.8 Å². The fraction of sp³-hybridized carbons (Fsp3) is 0.500. The van der Waals surface area contributed by atoms with Crippen LogP contribution in [0.3, 0.4) is 0 Å². The van der Waals surface area contributed by atoms with Crippen molar-refractivity contribution < 1.29 is 18.7 Å². The number of methoxy groups -OCH3 is 1. The Labute approximate surface area is 138 Å². The average molecular weight is 333 g/mol. The first-order valence-corrected chi connectivity index (χ1v) is 7.76. The minimum absolute atomic E-state index is 0.170. The van der Waals surface area contributed by atoms with Crippen molar-refractivity contribution in [2.24, 2.45) is 13.0 Å². The lowest BCUT2D eigenvalue weighted by Crippen LogP contribution is -2.41. The van der Waals surface area contributed by atoms with E-state index in [0.29, 0.717) is 31.7 Å². The number of esters is 1. The number of ether oxygens (including phenoxy) is 1. The Hall–Kier alpha value is -2.64. The molecule has 1 amide bonds. The van der Waals surface area contributed by atoms with Crippen molar-refractivity contribution in [2.75, 3.05) is 20.2 Å². The molecule has 8 nitrogen and oxygen atoms in total. The quantitative estimate of drug-likeness (QED) is 0.757. The summed E-state index contributed by atoms with van der Waals surface area (Å²) in [6.07, 6.45) is 2.46. The summed E-state index contributed by atoms with van der Waals surface area (Å²) in [5.74, 6) is -0.318. The molecule has 0 radical (unpaired) electrons. The third kappa shape index (κ3) is 2.57. The van der Waals surface area contributed by atoms with Crippen LogP contribution in [-0.4, -0.2) is 46.5 Å². The molecule has 0 atom stereocenters. The lowest BCUT2D eigenvalue weighted by Gasteiger charge is -2.30. The largest absolute Gasteiger partial charge is 0.469 e. The van der Waals surface area contributed by atoms with Gasteiger partial charge >= 0.3 is 5.97 Å². The molecule has 1 aliphatic heterocycles. The summed E-state index contributed by atoms with van der Waals surface area (Å²) in [6.45, 7) is 2.52. The van der Waals surface area contributed by atoms with Gasteiger partial charge in [0.1, 0.15) is 17.5 Å². The Morgan fingerprint density at radius 3 is 2.62 bits per heavy atom. The molecule has 24 heavy (non-hydrogen) atoms. The van der Waals surface area contributed by atoms with Crippen molar-refractivity contribution in [3.8, 4) is 0 Å². The number of rotatable bonds is 2. The van der Waals surface area contributed by atoms with Crippen molar-refractivity contribution >= 4 is 23.0 Å². The molecule has 0 unspecified atom stereocenters. The van der Waals surface area contributed by atoms with Crippen molar-refractivity contribution in [1.29, 1.82) is 0 Å². The standard InChI is InChI=1S/C16H19N3O5/c1-9-11(12-13(24-9)17-8-18(2)14(12)20)15(21)19-6-4-10(5-7-19)16(22)23-3/h8,10H,4-7H2,1-3H3. The van der Waals surface area contributed by atoms with Gasteiger partial charge < -0.3 is 18.6 Å². The zero-order chi connectivity index (χ0) is 17.4. The molecule has 0 bridgehead atoms. The number of fused-ring (bicyclic) bond motifs is 1. The van der Waals surface area contributed by atoms with Crippen LogP contribution in [0.4, 0.5) is 0 Å². The van der Waals surface area contributed by atoms with E-state index in [1.807, 2.05) is 0 Å². The van der Waals surface area contributed by atoms with E-state index < -0.39 is 0 Å². The van der Waals surface area contributed by atoms with Gasteiger partial charge in [-0.05, 0) is 19.8 Å². The Bertz CT molecular complexity index is 858. The van der Waals surface area contributed by atoms with Crippen molar-refractivity contribution in [1.82, 2.24) is 14.5 Å². The van der Waals surface area contributed by atoms with E-state index in [-0.39, 0.29) is 40.0 Å². The second-order valence-electron chi connectivity index (χ2n) is 5.96. The Kier molecular flexibility index (Phi) is 4.13. The molecule has 8 heteroatoms. The number of hydrogen-bond acceptors (Lipinski definition) is 6. The minimum atomic E-state index is -0.315. The molecule has 2 aromatic rings. The number of hydrogen-bond donors (Lipinski definition) is 0. The summed E-state index contributed by atoms with van der Waals surface area (Å²) in [5.41, 5.74) is 0.114. The van der Waals surface area contributed by atoms with E-state index in [1.54, 1.807) is 18.9 Å². The first-order valence-electron chi connectivity index (χ1n) is 7.76. The highest BCUT2D eigenvalue weighted by Gasteiger charge is 2.31. The highest BCUT2D eigenvalue weighted by atomic mass is 16.5. The Balaban J connectivity index is 1.90. The van der Waals surface area contributed by atoms with Gasteiger partial charge in [0.05, 0.1) is 18.6 Å².